The van der Waals surface area contributed by atoms with Gasteiger partial charge in [0.25, 0.3) is 5.69 Å². The number of hydrogen-bond acceptors (Lipinski definition) is 5. The summed E-state index contributed by atoms with van der Waals surface area (Å²) in [5.74, 6) is 1.36. The maximum absolute atomic E-state index is 10.9. The summed E-state index contributed by atoms with van der Waals surface area (Å²) in [6, 6.07) is 5.25. The normalized spacial score (nSPS) is 12.1. The molecule has 2 rings (SSSR count). The van der Waals surface area contributed by atoms with Crippen LogP contribution in [0.15, 0.2) is 35.1 Å². The minimum absolute atomic E-state index is 0.0703. The van der Waals surface area contributed by atoms with Crippen LogP contribution in [0, 0.1) is 17.0 Å². The number of aryl methyl sites for hydroxylation is 1. The third kappa shape index (κ3) is 3.31. The average molecular weight is 261 g/mol. The van der Waals surface area contributed by atoms with Gasteiger partial charge in [0.15, 0.2) is 0 Å². The van der Waals surface area contributed by atoms with Crippen LogP contribution in [0.25, 0.3) is 0 Å². The standard InChI is InChI=1S/C13H15N3O3/c1-9-8-14-13(7-12(9)16(17)18)15-10(2)6-11-4-3-5-19-11/h3-5,7-8,10H,6H2,1-2H3,(H,14,15). The zero-order chi connectivity index (χ0) is 13.8. The fourth-order valence-corrected chi connectivity index (χ4v) is 1.82. The summed E-state index contributed by atoms with van der Waals surface area (Å²) in [5, 5.41) is 14.0. The van der Waals surface area contributed by atoms with Gasteiger partial charge in [0.2, 0.25) is 0 Å². The van der Waals surface area contributed by atoms with Gasteiger partial charge >= 0.3 is 0 Å². The number of pyridine rings is 1. The van der Waals surface area contributed by atoms with Gasteiger partial charge in [-0.15, -0.1) is 0 Å². The maximum atomic E-state index is 10.9. The predicted molar refractivity (Wildman–Crippen MR) is 71.1 cm³/mol. The van der Waals surface area contributed by atoms with E-state index in [1.807, 2.05) is 19.1 Å². The zero-order valence-corrected chi connectivity index (χ0v) is 10.8. The van der Waals surface area contributed by atoms with Crippen molar-refractivity contribution in [3.63, 3.8) is 0 Å². The lowest BCUT2D eigenvalue weighted by Gasteiger charge is -2.13. The van der Waals surface area contributed by atoms with Gasteiger partial charge in [0.05, 0.1) is 17.3 Å². The van der Waals surface area contributed by atoms with Gasteiger partial charge in [-0.1, -0.05) is 0 Å². The van der Waals surface area contributed by atoms with E-state index < -0.39 is 4.92 Å². The minimum atomic E-state index is -0.403. The van der Waals surface area contributed by atoms with E-state index >= 15 is 0 Å². The smallest absolute Gasteiger partial charge is 0.277 e. The van der Waals surface area contributed by atoms with Gasteiger partial charge in [-0.05, 0) is 26.0 Å². The van der Waals surface area contributed by atoms with E-state index in [0.29, 0.717) is 17.8 Å². The first-order chi connectivity index (χ1) is 9.06. The molecule has 0 spiro atoms. The molecule has 0 aliphatic heterocycles. The third-order valence-electron chi connectivity index (χ3n) is 2.75. The first-order valence-electron chi connectivity index (χ1n) is 5.96. The maximum Gasteiger partial charge on any atom is 0.277 e. The Morgan fingerprint density at radius 1 is 1.58 bits per heavy atom. The lowest BCUT2D eigenvalue weighted by molar-refractivity contribution is -0.385. The molecule has 0 saturated carbocycles. The van der Waals surface area contributed by atoms with E-state index in [4.69, 9.17) is 4.42 Å². The van der Waals surface area contributed by atoms with Gasteiger partial charge in [0.1, 0.15) is 11.6 Å². The summed E-state index contributed by atoms with van der Waals surface area (Å²) in [5.41, 5.74) is 0.622. The van der Waals surface area contributed by atoms with Crippen LogP contribution in [0.4, 0.5) is 11.5 Å². The molecule has 0 fully saturated rings. The minimum Gasteiger partial charge on any atom is -0.469 e. The quantitative estimate of drug-likeness (QED) is 0.661. The summed E-state index contributed by atoms with van der Waals surface area (Å²) in [6.07, 6.45) is 3.81. The molecule has 0 aliphatic carbocycles. The summed E-state index contributed by atoms with van der Waals surface area (Å²) >= 11 is 0. The molecule has 2 aromatic heterocycles. The molecule has 6 nitrogen and oxygen atoms in total. The summed E-state index contributed by atoms with van der Waals surface area (Å²) < 4.78 is 5.25. The van der Waals surface area contributed by atoms with E-state index in [1.165, 1.54) is 12.3 Å². The molecular weight excluding hydrogens is 246 g/mol. The number of furan rings is 1. The lowest BCUT2D eigenvalue weighted by Crippen LogP contribution is -2.18. The second-order valence-electron chi connectivity index (χ2n) is 4.44. The number of nitrogens with one attached hydrogen (secondary N) is 1. The van der Waals surface area contributed by atoms with Crippen LogP contribution >= 0.6 is 0 Å². The number of aromatic nitrogens is 1. The highest BCUT2D eigenvalue weighted by Crippen LogP contribution is 2.20. The van der Waals surface area contributed by atoms with Crippen LogP contribution < -0.4 is 5.32 Å². The van der Waals surface area contributed by atoms with Gasteiger partial charge < -0.3 is 9.73 Å². The van der Waals surface area contributed by atoms with Crippen molar-refractivity contribution in [1.29, 1.82) is 0 Å². The molecule has 0 aromatic carbocycles. The molecule has 0 radical (unpaired) electrons. The van der Waals surface area contributed by atoms with Crippen LogP contribution in [-0.2, 0) is 6.42 Å². The Kier molecular flexibility index (Phi) is 3.79. The SMILES string of the molecule is Cc1cnc(NC(C)Cc2ccco2)cc1[N+](=O)[O-]. The first-order valence-corrected chi connectivity index (χ1v) is 5.96. The fourth-order valence-electron chi connectivity index (χ4n) is 1.82. The highest BCUT2D eigenvalue weighted by atomic mass is 16.6. The van der Waals surface area contributed by atoms with E-state index in [0.717, 1.165) is 5.76 Å². The van der Waals surface area contributed by atoms with Crippen molar-refractivity contribution < 1.29 is 9.34 Å². The molecule has 0 amide bonds. The molecule has 0 saturated heterocycles. The predicted octanol–water partition coefficient (Wildman–Crippen LogP) is 2.93. The van der Waals surface area contributed by atoms with Crippen molar-refractivity contribution >= 4 is 11.5 Å². The summed E-state index contributed by atoms with van der Waals surface area (Å²) in [6.45, 7) is 3.64. The number of rotatable bonds is 5. The number of anilines is 1. The molecule has 100 valence electrons. The van der Waals surface area contributed by atoms with Crippen molar-refractivity contribution in [1.82, 2.24) is 4.98 Å². The van der Waals surface area contributed by atoms with Gasteiger partial charge in [-0.25, -0.2) is 4.98 Å². The zero-order valence-electron chi connectivity index (χ0n) is 10.8. The van der Waals surface area contributed by atoms with Gasteiger partial charge in [0, 0.05) is 24.2 Å². The molecule has 2 heterocycles. The number of nitrogens with zero attached hydrogens (tertiary/aromatic N) is 2. The van der Waals surface area contributed by atoms with Crippen LogP contribution in [0.2, 0.25) is 0 Å². The second kappa shape index (κ2) is 5.51. The second-order valence-corrected chi connectivity index (χ2v) is 4.44. The Morgan fingerprint density at radius 3 is 3.00 bits per heavy atom. The monoisotopic (exact) mass is 261 g/mol. The largest absolute Gasteiger partial charge is 0.469 e. The van der Waals surface area contributed by atoms with Gasteiger partial charge in [-0.2, -0.15) is 0 Å². The topological polar surface area (TPSA) is 81.2 Å². The number of nitro groups is 1. The van der Waals surface area contributed by atoms with Crippen molar-refractivity contribution in [3.8, 4) is 0 Å². The van der Waals surface area contributed by atoms with Crippen LogP contribution in [0.3, 0.4) is 0 Å². The molecule has 2 aromatic rings. The summed E-state index contributed by atoms with van der Waals surface area (Å²) in [7, 11) is 0. The van der Waals surface area contributed by atoms with Crippen molar-refractivity contribution in [2.24, 2.45) is 0 Å². The number of hydrogen-bond donors (Lipinski definition) is 1. The first kappa shape index (κ1) is 13.1. The highest BCUT2D eigenvalue weighted by Gasteiger charge is 2.13. The molecule has 0 bridgehead atoms. The Morgan fingerprint density at radius 2 is 2.37 bits per heavy atom. The average Bonchev–Trinajstić information content (AvgIpc) is 2.84. The van der Waals surface area contributed by atoms with Crippen LogP contribution in [0.5, 0.6) is 0 Å². The molecule has 19 heavy (non-hydrogen) atoms. The molecule has 1 N–H and O–H groups in total. The molecule has 6 heteroatoms. The van der Waals surface area contributed by atoms with E-state index in [9.17, 15) is 10.1 Å². The summed E-state index contributed by atoms with van der Waals surface area (Å²) in [4.78, 5) is 14.6. The van der Waals surface area contributed by atoms with Crippen molar-refractivity contribution in [2.75, 3.05) is 5.32 Å². The Labute approximate surface area is 110 Å². The third-order valence-corrected chi connectivity index (χ3v) is 2.75. The molecule has 1 atom stereocenters. The molecular formula is C13H15N3O3. The fraction of sp³-hybridized carbons (Fsp3) is 0.308. The van der Waals surface area contributed by atoms with Gasteiger partial charge in [-0.3, -0.25) is 10.1 Å². The van der Waals surface area contributed by atoms with E-state index in [1.54, 1.807) is 13.2 Å². The van der Waals surface area contributed by atoms with Crippen molar-refractivity contribution in [2.45, 2.75) is 26.3 Å². The Bertz CT molecular complexity index is 567. The molecule has 1 unspecified atom stereocenters. The van der Waals surface area contributed by atoms with Crippen LogP contribution in [-0.4, -0.2) is 15.9 Å². The van der Waals surface area contributed by atoms with Crippen molar-refractivity contribution in [3.05, 3.63) is 52.1 Å². The Balaban J connectivity index is 2.06. The molecule has 0 aliphatic rings. The van der Waals surface area contributed by atoms with E-state index in [2.05, 4.69) is 10.3 Å². The lowest BCUT2D eigenvalue weighted by atomic mass is 10.2. The van der Waals surface area contributed by atoms with E-state index in [-0.39, 0.29) is 11.7 Å². The highest BCUT2D eigenvalue weighted by molar-refractivity contribution is 5.49. The van der Waals surface area contributed by atoms with Crippen LogP contribution in [0.1, 0.15) is 18.2 Å². The Hall–Kier alpha value is -2.37.